The Morgan fingerprint density at radius 2 is 1.04 bits per heavy atom. The molecule has 0 amide bonds. The number of carbonyl (C=O) groups is 1. The first kappa shape index (κ1) is 37.1. The van der Waals surface area contributed by atoms with Crippen LogP contribution in [0.4, 0.5) is 0 Å². The van der Waals surface area contributed by atoms with Gasteiger partial charge in [-0.2, -0.15) is 0 Å². The lowest BCUT2D eigenvalue weighted by Crippen LogP contribution is -2.52. The summed E-state index contributed by atoms with van der Waals surface area (Å²) in [4.78, 5) is 14.1. The maximum absolute atomic E-state index is 14.1. The standard InChI is InChI=1S/C50H42O7/c51-49(41-25-28-44(29-26-41)52-33-37-15-5-1-6-16-37)56-48-31-42-23-13-14-24-45(42)57-50(48,55-36-40-21-11-4-12-22-40)43-27-30-46(53-34-38-17-7-2-8-18-38)47(32-43)54-35-39-19-9-3-10-20-39/h1-30,32,48H,31,33-36H2. The fraction of sp³-hybridized carbons (Fsp3) is 0.140. The van der Waals surface area contributed by atoms with Crippen molar-refractivity contribution in [3.8, 4) is 23.0 Å². The smallest absolute Gasteiger partial charge is 0.338 e. The summed E-state index contributed by atoms with van der Waals surface area (Å²) >= 11 is 0. The van der Waals surface area contributed by atoms with Gasteiger partial charge in [0.05, 0.1) is 12.2 Å². The molecule has 7 heteroatoms. The minimum absolute atomic E-state index is 0.178. The highest BCUT2D eigenvalue weighted by Crippen LogP contribution is 2.45. The zero-order valence-corrected chi connectivity index (χ0v) is 31.4. The first-order valence-electron chi connectivity index (χ1n) is 19.0. The van der Waals surface area contributed by atoms with Gasteiger partial charge >= 0.3 is 5.97 Å². The average Bonchev–Trinajstić information content (AvgIpc) is 3.28. The lowest BCUT2D eigenvalue weighted by Gasteiger charge is -2.43. The molecule has 0 radical (unpaired) electrons. The number of benzene rings is 7. The number of ether oxygens (including phenoxy) is 6. The van der Waals surface area contributed by atoms with E-state index < -0.39 is 17.9 Å². The van der Waals surface area contributed by atoms with Crippen LogP contribution in [0.15, 0.2) is 188 Å². The van der Waals surface area contributed by atoms with Gasteiger partial charge in [0, 0.05) is 12.0 Å². The molecule has 8 rings (SSSR count). The normalized spacial score (nSPS) is 15.8. The monoisotopic (exact) mass is 754 g/mol. The SMILES string of the molecule is O=C(OC1Cc2ccccc2OC1(OCc1ccccc1)c1ccc(OCc2ccccc2)c(OCc2ccccc2)c1)c1ccc(OCc2ccccc2)cc1. The molecule has 0 aromatic heterocycles. The van der Waals surface area contributed by atoms with Crippen LogP contribution in [-0.2, 0) is 48.1 Å². The highest BCUT2D eigenvalue weighted by molar-refractivity contribution is 5.89. The lowest BCUT2D eigenvalue weighted by molar-refractivity contribution is -0.260. The molecule has 7 nitrogen and oxygen atoms in total. The highest BCUT2D eigenvalue weighted by atomic mass is 16.7. The molecule has 1 aliphatic heterocycles. The third kappa shape index (κ3) is 9.18. The van der Waals surface area contributed by atoms with Crippen LogP contribution in [0.1, 0.15) is 43.7 Å². The van der Waals surface area contributed by atoms with E-state index in [9.17, 15) is 4.79 Å². The number of rotatable bonds is 15. The zero-order valence-electron chi connectivity index (χ0n) is 31.4. The first-order valence-corrected chi connectivity index (χ1v) is 19.0. The fourth-order valence-electron chi connectivity index (χ4n) is 6.72. The summed E-state index contributed by atoms with van der Waals surface area (Å²) in [6, 6.07) is 60.1. The Labute approximate surface area is 333 Å². The molecule has 284 valence electrons. The molecule has 0 spiro atoms. The molecule has 0 N–H and O–H groups in total. The molecule has 0 fully saturated rings. The van der Waals surface area contributed by atoms with Crippen LogP contribution in [0, 0.1) is 0 Å². The molecule has 2 atom stereocenters. The summed E-state index contributed by atoms with van der Waals surface area (Å²) in [6.07, 6.45) is -0.572. The van der Waals surface area contributed by atoms with Gasteiger partial charge in [-0.3, -0.25) is 0 Å². The Kier molecular flexibility index (Phi) is 11.6. The van der Waals surface area contributed by atoms with Crippen molar-refractivity contribution in [1.82, 2.24) is 0 Å². The van der Waals surface area contributed by atoms with Crippen LogP contribution < -0.4 is 18.9 Å². The molecule has 7 aromatic carbocycles. The topological polar surface area (TPSA) is 72.5 Å². The summed E-state index contributed by atoms with van der Waals surface area (Å²) < 4.78 is 39.2. The van der Waals surface area contributed by atoms with Gasteiger partial charge in [-0.15, -0.1) is 0 Å². The summed E-state index contributed by atoms with van der Waals surface area (Å²) in [6.45, 7) is 1.24. The lowest BCUT2D eigenvalue weighted by atomic mass is 9.90. The Bertz CT molecular complexity index is 2350. The minimum Gasteiger partial charge on any atom is -0.489 e. The highest BCUT2D eigenvalue weighted by Gasteiger charge is 2.51. The van der Waals surface area contributed by atoms with E-state index in [2.05, 4.69) is 0 Å². The summed E-state index contributed by atoms with van der Waals surface area (Å²) in [5.74, 6) is 0.220. The van der Waals surface area contributed by atoms with Gasteiger partial charge in [0.1, 0.15) is 31.3 Å². The maximum atomic E-state index is 14.1. The molecule has 0 saturated carbocycles. The third-order valence-corrected chi connectivity index (χ3v) is 9.77. The number of carbonyl (C=O) groups excluding carboxylic acids is 1. The van der Waals surface area contributed by atoms with Gasteiger partial charge in [-0.1, -0.05) is 140 Å². The molecule has 0 bridgehead atoms. The van der Waals surface area contributed by atoms with E-state index >= 15 is 0 Å². The van der Waals surface area contributed by atoms with E-state index in [-0.39, 0.29) is 6.61 Å². The molecule has 7 aromatic rings. The average molecular weight is 755 g/mol. The summed E-state index contributed by atoms with van der Waals surface area (Å²) in [7, 11) is 0. The van der Waals surface area contributed by atoms with Crippen molar-refractivity contribution in [2.45, 2.75) is 44.7 Å². The van der Waals surface area contributed by atoms with E-state index in [0.717, 1.165) is 27.8 Å². The van der Waals surface area contributed by atoms with Crippen molar-refractivity contribution in [2.75, 3.05) is 0 Å². The number of esters is 1. The van der Waals surface area contributed by atoms with Gasteiger partial charge in [0.15, 0.2) is 17.6 Å². The second kappa shape index (κ2) is 17.8. The molecular formula is C50H42O7. The molecule has 1 aliphatic rings. The van der Waals surface area contributed by atoms with E-state index in [1.54, 1.807) is 24.3 Å². The molecular weight excluding hydrogens is 713 g/mol. The van der Waals surface area contributed by atoms with Crippen molar-refractivity contribution in [3.05, 3.63) is 227 Å². The van der Waals surface area contributed by atoms with E-state index in [1.165, 1.54) is 0 Å². The van der Waals surface area contributed by atoms with Crippen molar-refractivity contribution in [1.29, 1.82) is 0 Å². The van der Waals surface area contributed by atoms with Gasteiger partial charge in [-0.25, -0.2) is 4.79 Å². The quantitative estimate of drug-likeness (QED) is 0.0965. The number of para-hydroxylation sites is 1. The van der Waals surface area contributed by atoms with Crippen LogP contribution in [0.3, 0.4) is 0 Å². The van der Waals surface area contributed by atoms with E-state index in [4.69, 9.17) is 28.4 Å². The van der Waals surface area contributed by atoms with Crippen molar-refractivity contribution < 1.29 is 33.2 Å². The van der Waals surface area contributed by atoms with Gasteiger partial charge in [0.25, 0.3) is 5.79 Å². The first-order chi connectivity index (χ1) is 28.1. The fourth-order valence-corrected chi connectivity index (χ4v) is 6.72. The molecule has 57 heavy (non-hydrogen) atoms. The Hall–Kier alpha value is -6.83. The number of hydrogen-bond donors (Lipinski definition) is 0. The van der Waals surface area contributed by atoms with Crippen LogP contribution in [0.25, 0.3) is 0 Å². The zero-order chi connectivity index (χ0) is 38.7. The van der Waals surface area contributed by atoms with Crippen molar-refractivity contribution >= 4 is 5.97 Å². The molecule has 2 unspecified atom stereocenters. The van der Waals surface area contributed by atoms with Crippen molar-refractivity contribution in [2.24, 2.45) is 0 Å². The molecule has 0 aliphatic carbocycles. The van der Waals surface area contributed by atoms with Gasteiger partial charge in [0.2, 0.25) is 0 Å². The second-order valence-electron chi connectivity index (χ2n) is 13.8. The minimum atomic E-state index is -1.58. The van der Waals surface area contributed by atoms with E-state index in [1.807, 2.05) is 164 Å². The van der Waals surface area contributed by atoms with Crippen LogP contribution >= 0.6 is 0 Å². The molecule has 1 heterocycles. The number of fused-ring (bicyclic) bond motifs is 1. The van der Waals surface area contributed by atoms with E-state index in [0.29, 0.717) is 60.4 Å². The second-order valence-corrected chi connectivity index (χ2v) is 13.8. The Balaban J connectivity index is 1.14. The number of hydrogen-bond acceptors (Lipinski definition) is 7. The van der Waals surface area contributed by atoms with Gasteiger partial charge < -0.3 is 28.4 Å². The largest absolute Gasteiger partial charge is 0.489 e. The predicted molar refractivity (Wildman–Crippen MR) is 218 cm³/mol. The molecule has 0 saturated heterocycles. The predicted octanol–water partition coefficient (Wildman–Crippen LogP) is 10.7. The third-order valence-electron chi connectivity index (χ3n) is 9.77. The summed E-state index contributed by atoms with van der Waals surface area (Å²) in [5, 5.41) is 0. The van der Waals surface area contributed by atoms with Crippen LogP contribution in [0.2, 0.25) is 0 Å². The van der Waals surface area contributed by atoms with Crippen LogP contribution in [-0.4, -0.2) is 12.1 Å². The van der Waals surface area contributed by atoms with Crippen molar-refractivity contribution in [3.63, 3.8) is 0 Å². The Morgan fingerprint density at radius 3 is 1.63 bits per heavy atom. The van der Waals surface area contributed by atoms with Gasteiger partial charge in [-0.05, 0) is 76.3 Å². The maximum Gasteiger partial charge on any atom is 0.338 e. The van der Waals surface area contributed by atoms with Crippen LogP contribution in [0.5, 0.6) is 23.0 Å². The Morgan fingerprint density at radius 1 is 0.526 bits per heavy atom. The summed E-state index contributed by atoms with van der Waals surface area (Å²) in [5.41, 5.74) is 5.86.